The molecule has 1 atom stereocenters. The number of ether oxygens (including phenoxy) is 1. The van der Waals surface area contributed by atoms with Crippen LogP contribution in [0.5, 0.6) is 5.75 Å². The van der Waals surface area contributed by atoms with Crippen molar-refractivity contribution >= 4 is 38.9 Å². The van der Waals surface area contributed by atoms with Crippen molar-refractivity contribution in [2.75, 3.05) is 14.2 Å². The van der Waals surface area contributed by atoms with Crippen molar-refractivity contribution in [1.29, 1.82) is 0 Å². The second-order valence-electron chi connectivity index (χ2n) is 3.74. The minimum atomic E-state index is 0.0894. The Bertz CT molecular complexity index is 544. The van der Waals surface area contributed by atoms with Gasteiger partial charge in [0.05, 0.1) is 13.2 Å². The van der Waals surface area contributed by atoms with E-state index in [1.54, 1.807) is 18.4 Å². The lowest BCUT2D eigenvalue weighted by molar-refractivity contribution is 0.405. The first-order chi connectivity index (χ1) is 8.67. The van der Waals surface area contributed by atoms with Crippen LogP contribution in [0.2, 0.25) is 5.02 Å². The highest BCUT2D eigenvalue weighted by Gasteiger charge is 2.20. The van der Waals surface area contributed by atoms with E-state index in [4.69, 9.17) is 16.3 Å². The molecular weight excluding hydrogens is 334 g/mol. The van der Waals surface area contributed by atoms with E-state index < -0.39 is 0 Å². The Hall–Kier alpha value is -0.550. The third kappa shape index (κ3) is 2.72. The standard InChI is InChI=1S/C13H13BrClNOS/c1-16-12(13-10(14)5-6-18-13)9-4-3-8(15)7-11(9)17-2/h3-7,12,16H,1-2H3. The average Bonchev–Trinajstić information content (AvgIpc) is 2.78. The Morgan fingerprint density at radius 3 is 2.72 bits per heavy atom. The van der Waals surface area contributed by atoms with E-state index in [2.05, 4.69) is 26.6 Å². The fourth-order valence-electron chi connectivity index (χ4n) is 1.86. The van der Waals surface area contributed by atoms with Gasteiger partial charge in [0.25, 0.3) is 0 Å². The molecule has 2 aromatic rings. The van der Waals surface area contributed by atoms with Crippen LogP contribution in [0.25, 0.3) is 0 Å². The molecule has 0 aliphatic heterocycles. The zero-order valence-electron chi connectivity index (χ0n) is 10.0. The Kier molecular flexibility index (Phi) is 4.67. The van der Waals surface area contributed by atoms with Crippen molar-refractivity contribution in [2.45, 2.75) is 6.04 Å². The Balaban J connectivity index is 2.48. The maximum Gasteiger partial charge on any atom is 0.125 e. The van der Waals surface area contributed by atoms with Gasteiger partial charge < -0.3 is 10.1 Å². The van der Waals surface area contributed by atoms with E-state index in [-0.39, 0.29) is 6.04 Å². The predicted molar refractivity (Wildman–Crippen MR) is 80.9 cm³/mol. The van der Waals surface area contributed by atoms with Gasteiger partial charge in [-0.1, -0.05) is 17.7 Å². The topological polar surface area (TPSA) is 21.3 Å². The maximum absolute atomic E-state index is 5.99. The molecule has 0 bridgehead atoms. The van der Waals surface area contributed by atoms with Crippen LogP contribution in [-0.4, -0.2) is 14.2 Å². The van der Waals surface area contributed by atoms with Crippen molar-refractivity contribution in [2.24, 2.45) is 0 Å². The number of halogens is 2. The van der Waals surface area contributed by atoms with E-state index >= 15 is 0 Å². The largest absolute Gasteiger partial charge is 0.496 e. The highest BCUT2D eigenvalue weighted by atomic mass is 79.9. The van der Waals surface area contributed by atoms with Gasteiger partial charge in [0.1, 0.15) is 5.75 Å². The molecule has 5 heteroatoms. The lowest BCUT2D eigenvalue weighted by Gasteiger charge is -2.19. The number of benzene rings is 1. The molecule has 0 aliphatic carbocycles. The predicted octanol–water partition coefficient (Wildman–Crippen LogP) is 4.48. The summed E-state index contributed by atoms with van der Waals surface area (Å²) < 4.78 is 6.51. The van der Waals surface area contributed by atoms with Gasteiger partial charge in [-0.05, 0) is 46.6 Å². The van der Waals surface area contributed by atoms with Gasteiger partial charge in [0.15, 0.2) is 0 Å². The van der Waals surface area contributed by atoms with Crippen molar-refractivity contribution in [1.82, 2.24) is 5.32 Å². The molecule has 1 unspecified atom stereocenters. The van der Waals surface area contributed by atoms with Crippen LogP contribution in [0.4, 0.5) is 0 Å². The van der Waals surface area contributed by atoms with Crippen LogP contribution in [0.1, 0.15) is 16.5 Å². The van der Waals surface area contributed by atoms with Crippen molar-refractivity contribution in [3.8, 4) is 5.75 Å². The number of nitrogens with one attached hydrogen (secondary N) is 1. The molecule has 18 heavy (non-hydrogen) atoms. The summed E-state index contributed by atoms with van der Waals surface area (Å²) in [5.74, 6) is 0.794. The number of hydrogen-bond acceptors (Lipinski definition) is 3. The molecule has 0 saturated heterocycles. The zero-order chi connectivity index (χ0) is 13.1. The molecular formula is C13H13BrClNOS. The third-order valence-corrected chi connectivity index (χ3v) is 4.87. The van der Waals surface area contributed by atoms with Crippen LogP contribution in [-0.2, 0) is 0 Å². The van der Waals surface area contributed by atoms with Crippen LogP contribution in [0, 0.1) is 0 Å². The van der Waals surface area contributed by atoms with Gasteiger partial charge in [-0.3, -0.25) is 0 Å². The summed E-state index contributed by atoms with van der Waals surface area (Å²) in [5, 5.41) is 6.05. The van der Waals surface area contributed by atoms with Crippen LogP contribution in [0.15, 0.2) is 34.1 Å². The summed E-state index contributed by atoms with van der Waals surface area (Å²) in [6.45, 7) is 0. The Labute approximate surface area is 124 Å². The molecule has 2 rings (SSSR count). The highest BCUT2D eigenvalue weighted by Crippen LogP contribution is 2.37. The smallest absolute Gasteiger partial charge is 0.125 e. The summed E-state index contributed by atoms with van der Waals surface area (Å²) in [4.78, 5) is 1.22. The number of thiophene rings is 1. The summed E-state index contributed by atoms with van der Waals surface area (Å²) in [6.07, 6.45) is 0. The van der Waals surface area contributed by atoms with Gasteiger partial charge in [-0.2, -0.15) is 0 Å². The molecule has 1 aromatic heterocycles. The number of rotatable bonds is 4. The Morgan fingerprint density at radius 2 is 2.17 bits per heavy atom. The first-order valence-corrected chi connectivity index (χ1v) is 7.46. The summed E-state index contributed by atoms with van der Waals surface area (Å²) in [5.41, 5.74) is 1.08. The minimum Gasteiger partial charge on any atom is -0.496 e. The first-order valence-electron chi connectivity index (χ1n) is 5.41. The van der Waals surface area contributed by atoms with E-state index in [0.717, 1.165) is 15.8 Å². The van der Waals surface area contributed by atoms with Gasteiger partial charge in [0, 0.05) is 19.9 Å². The van der Waals surface area contributed by atoms with E-state index in [1.807, 2.05) is 31.3 Å². The lowest BCUT2D eigenvalue weighted by atomic mass is 10.0. The molecule has 0 amide bonds. The number of hydrogen-bond donors (Lipinski definition) is 1. The van der Waals surface area contributed by atoms with Crippen molar-refractivity contribution < 1.29 is 4.74 Å². The van der Waals surface area contributed by atoms with E-state index in [9.17, 15) is 0 Å². The minimum absolute atomic E-state index is 0.0894. The van der Waals surface area contributed by atoms with E-state index in [0.29, 0.717) is 5.02 Å². The molecule has 0 radical (unpaired) electrons. The summed E-state index contributed by atoms with van der Waals surface area (Å²) in [7, 11) is 3.59. The Morgan fingerprint density at radius 1 is 1.39 bits per heavy atom. The third-order valence-electron chi connectivity index (χ3n) is 2.70. The van der Waals surface area contributed by atoms with Gasteiger partial charge in [0.2, 0.25) is 0 Å². The fraction of sp³-hybridized carbons (Fsp3) is 0.231. The maximum atomic E-state index is 5.99. The normalized spacial score (nSPS) is 12.4. The molecule has 2 nitrogen and oxygen atoms in total. The van der Waals surface area contributed by atoms with Crippen molar-refractivity contribution in [3.05, 3.63) is 49.6 Å². The van der Waals surface area contributed by atoms with Crippen molar-refractivity contribution in [3.63, 3.8) is 0 Å². The average molecular weight is 347 g/mol. The first kappa shape index (κ1) is 13.9. The lowest BCUT2D eigenvalue weighted by Crippen LogP contribution is -2.17. The summed E-state index contributed by atoms with van der Waals surface area (Å²) >= 11 is 11.3. The van der Waals surface area contributed by atoms with Gasteiger partial charge >= 0.3 is 0 Å². The molecule has 0 spiro atoms. The molecule has 96 valence electrons. The van der Waals surface area contributed by atoms with Crippen LogP contribution >= 0.6 is 38.9 Å². The van der Waals surface area contributed by atoms with Gasteiger partial charge in [-0.15, -0.1) is 11.3 Å². The second-order valence-corrected chi connectivity index (χ2v) is 5.98. The monoisotopic (exact) mass is 345 g/mol. The molecule has 1 N–H and O–H groups in total. The number of methoxy groups -OCH3 is 1. The molecule has 1 aromatic carbocycles. The molecule has 0 saturated carbocycles. The van der Waals surface area contributed by atoms with Crippen LogP contribution in [0.3, 0.4) is 0 Å². The highest BCUT2D eigenvalue weighted by molar-refractivity contribution is 9.10. The second kappa shape index (κ2) is 6.06. The van der Waals surface area contributed by atoms with E-state index in [1.165, 1.54) is 4.88 Å². The fourth-order valence-corrected chi connectivity index (χ4v) is 3.75. The summed E-state index contributed by atoms with van der Waals surface area (Å²) in [6, 6.07) is 7.85. The molecule has 1 heterocycles. The molecule has 0 aliphatic rings. The van der Waals surface area contributed by atoms with Crippen LogP contribution < -0.4 is 10.1 Å². The SMILES string of the molecule is CNC(c1ccc(Cl)cc1OC)c1sccc1Br. The quantitative estimate of drug-likeness (QED) is 0.881. The van der Waals surface area contributed by atoms with Gasteiger partial charge in [-0.25, -0.2) is 0 Å². The molecule has 0 fully saturated rings. The zero-order valence-corrected chi connectivity index (χ0v) is 13.2.